The number of ether oxygens (including phenoxy) is 1. The van der Waals surface area contributed by atoms with Crippen LogP contribution in [0.4, 0.5) is 10.1 Å². The molecule has 4 heteroatoms. The number of anilines is 1. The molecule has 1 aromatic carbocycles. The first kappa shape index (κ1) is 21.5. The van der Waals surface area contributed by atoms with Gasteiger partial charge in [-0.1, -0.05) is 46.8 Å². The normalized spacial score (nSPS) is 22.6. The first-order valence-electron chi connectivity index (χ1n) is 10.1. The van der Waals surface area contributed by atoms with Crippen LogP contribution in [-0.4, -0.2) is 18.6 Å². The van der Waals surface area contributed by atoms with E-state index in [0.29, 0.717) is 29.9 Å². The third kappa shape index (κ3) is 5.57. The van der Waals surface area contributed by atoms with Crippen LogP contribution >= 0.6 is 0 Å². The fourth-order valence-corrected chi connectivity index (χ4v) is 4.02. The van der Waals surface area contributed by atoms with Crippen molar-refractivity contribution in [2.24, 2.45) is 17.8 Å². The molecule has 3 atom stereocenters. The smallest absolute Gasteiger partial charge is 0.326 e. The van der Waals surface area contributed by atoms with Crippen LogP contribution in [0.15, 0.2) is 30.5 Å². The predicted octanol–water partition coefficient (Wildman–Crippen LogP) is 5.87. The van der Waals surface area contributed by atoms with Crippen LogP contribution in [0.25, 0.3) is 0 Å². The van der Waals surface area contributed by atoms with Gasteiger partial charge in [0.25, 0.3) is 0 Å². The lowest BCUT2D eigenvalue weighted by atomic mass is 9.75. The Kier molecular flexibility index (Phi) is 7.46. The lowest BCUT2D eigenvalue weighted by Gasteiger charge is -2.37. The van der Waals surface area contributed by atoms with Gasteiger partial charge in [-0.3, -0.25) is 4.79 Å². The molecule has 0 heterocycles. The Morgan fingerprint density at radius 3 is 2.70 bits per heavy atom. The quantitative estimate of drug-likeness (QED) is 0.558. The number of esters is 1. The molecule has 0 aromatic heterocycles. The van der Waals surface area contributed by atoms with Crippen molar-refractivity contribution >= 4 is 11.7 Å². The summed E-state index contributed by atoms with van der Waals surface area (Å²) in [7, 11) is 0. The zero-order chi connectivity index (χ0) is 20.1. The van der Waals surface area contributed by atoms with Gasteiger partial charge in [0.05, 0.1) is 0 Å². The molecule has 27 heavy (non-hydrogen) atoms. The average molecular weight is 376 g/mol. The number of carbonyl (C=O) groups is 1. The molecule has 1 saturated carbocycles. The predicted molar refractivity (Wildman–Crippen MR) is 109 cm³/mol. The number of nitrogens with zero attached hydrogens (tertiary/aromatic N) is 1. The lowest BCUT2D eigenvalue weighted by Crippen LogP contribution is -2.39. The van der Waals surface area contributed by atoms with E-state index in [2.05, 4.69) is 27.4 Å². The Balaban J connectivity index is 2.16. The van der Waals surface area contributed by atoms with Gasteiger partial charge in [0.1, 0.15) is 18.5 Å². The van der Waals surface area contributed by atoms with Crippen molar-refractivity contribution in [3.63, 3.8) is 0 Å². The second-order valence-corrected chi connectivity index (χ2v) is 8.29. The summed E-state index contributed by atoms with van der Waals surface area (Å²) in [6.45, 7) is 14.6. The standard InChI is InChI=1S/C23H34FNO2/c1-7-18(6)25(21-13-19(24)10-9-17(21)5)14-23(26)27-22-12-16(4)8-11-20(22)15(2)3/h9-10,13,15-16,20,22H,6-8,11-12,14H2,1-5H3/t16-,20+,22-/m1/s1. The fourth-order valence-electron chi connectivity index (χ4n) is 4.02. The highest BCUT2D eigenvalue weighted by atomic mass is 19.1. The van der Waals surface area contributed by atoms with Crippen LogP contribution in [0.1, 0.15) is 58.9 Å². The summed E-state index contributed by atoms with van der Waals surface area (Å²) in [4.78, 5) is 14.6. The number of benzene rings is 1. The maximum Gasteiger partial charge on any atom is 0.326 e. The van der Waals surface area contributed by atoms with Crippen LogP contribution in [-0.2, 0) is 9.53 Å². The molecule has 0 spiro atoms. The molecule has 1 aliphatic carbocycles. The Morgan fingerprint density at radius 1 is 1.37 bits per heavy atom. The number of halogens is 1. The van der Waals surface area contributed by atoms with Crippen LogP contribution in [0.2, 0.25) is 0 Å². The summed E-state index contributed by atoms with van der Waals surface area (Å²) < 4.78 is 19.7. The fraction of sp³-hybridized carbons (Fsp3) is 0.609. The van der Waals surface area contributed by atoms with Crippen LogP contribution < -0.4 is 4.90 Å². The second-order valence-electron chi connectivity index (χ2n) is 8.29. The zero-order valence-electron chi connectivity index (χ0n) is 17.4. The van der Waals surface area contributed by atoms with Gasteiger partial charge in [0.2, 0.25) is 0 Å². The molecule has 150 valence electrons. The number of aryl methyl sites for hydroxylation is 1. The van der Waals surface area contributed by atoms with Gasteiger partial charge in [-0.05, 0) is 61.6 Å². The van der Waals surface area contributed by atoms with Crippen LogP contribution in [0, 0.1) is 30.5 Å². The minimum Gasteiger partial charge on any atom is -0.461 e. The van der Waals surface area contributed by atoms with E-state index in [1.54, 1.807) is 11.0 Å². The van der Waals surface area contributed by atoms with Crippen molar-refractivity contribution in [1.29, 1.82) is 0 Å². The van der Waals surface area contributed by atoms with E-state index in [-0.39, 0.29) is 24.4 Å². The van der Waals surface area contributed by atoms with Crippen molar-refractivity contribution in [3.05, 3.63) is 41.9 Å². The van der Waals surface area contributed by atoms with E-state index >= 15 is 0 Å². The molecule has 1 aromatic rings. The van der Waals surface area contributed by atoms with Gasteiger partial charge < -0.3 is 9.64 Å². The Hall–Kier alpha value is -1.84. The SMILES string of the molecule is C=C(CC)N(CC(=O)O[C@@H]1C[C@H](C)CC[C@H]1C(C)C)c1cc(F)ccc1C. The monoisotopic (exact) mass is 375 g/mol. The van der Waals surface area contributed by atoms with Gasteiger partial charge in [-0.15, -0.1) is 0 Å². The van der Waals surface area contributed by atoms with Gasteiger partial charge in [-0.25, -0.2) is 4.39 Å². The lowest BCUT2D eigenvalue weighted by molar-refractivity contribution is -0.154. The molecule has 1 aliphatic rings. The Bertz CT molecular complexity index is 670. The number of hydrogen-bond donors (Lipinski definition) is 0. The largest absolute Gasteiger partial charge is 0.461 e. The highest BCUT2D eigenvalue weighted by Gasteiger charge is 2.33. The van der Waals surface area contributed by atoms with Gasteiger partial charge in [0, 0.05) is 11.4 Å². The highest BCUT2D eigenvalue weighted by Crippen LogP contribution is 2.35. The topological polar surface area (TPSA) is 29.5 Å². The molecular formula is C23H34FNO2. The van der Waals surface area contributed by atoms with Crippen molar-refractivity contribution in [2.45, 2.75) is 66.4 Å². The summed E-state index contributed by atoms with van der Waals surface area (Å²) in [5.41, 5.74) is 2.36. The molecule has 0 aliphatic heterocycles. The van der Waals surface area contributed by atoms with Crippen molar-refractivity contribution in [1.82, 2.24) is 0 Å². The maximum atomic E-state index is 13.8. The molecule has 0 amide bonds. The summed E-state index contributed by atoms with van der Waals surface area (Å²) >= 11 is 0. The molecule has 0 saturated heterocycles. The molecule has 3 nitrogen and oxygen atoms in total. The first-order valence-corrected chi connectivity index (χ1v) is 10.1. The summed E-state index contributed by atoms with van der Waals surface area (Å²) in [5.74, 6) is 0.883. The van der Waals surface area contributed by atoms with Gasteiger partial charge >= 0.3 is 5.97 Å². The Labute approximate surface area is 163 Å². The molecular weight excluding hydrogens is 341 g/mol. The summed E-state index contributed by atoms with van der Waals surface area (Å²) in [6.07, 6.45) is 3.86. The third-order valence-electron chi connectivity index (χ3n) is 5.78. The molecule has 2 rings (SSSR count). The molecule has 0 N–H and O–H groups in total. The van der Waals surface area contributed by atoms with Crippen LogP contribution in [0.5, 0.6) is 0 Å². The first-order chi connectivity index (χ1) is 12.7. The highest BCUT2D eigenvalue weighted by molar-refractivity contribution is 5.78. The molecule has 1 fully saturated rings. The van der Waals surface area contributed by atoms with E-state index in [0.717, 1.165) is 24.1 Å². The third-order valence-corrected chi connectivity index (χ3v) is 5.78. The van der Waals surface area contributed by atoms with Crippen molar-refractivity contribution in [3.8, 4) is 0 Å². The van der Waals surface area contributed by atoms with Crippen LogP contribution in [0.3, 0.4) is 0 Å². The maximum absolute atomic E-state index is 13.8. The molecule has 0 unspecified atom stereocenters. The Morgan fingerprint density at radius 2 is 2.07 bits per heavy atom. The minimum atomic E-state index is -0.321. The summed E-state index contributed by atoms with van der Waals surface area (Å²) in [6, 6.07) is 4.62. The van der Waals surface area contributed by atoms with E-state index in [4.69, 9.17) is 4.74 Å². The minimum absolute atomic E-state index is 0.0356. The van der Waals surface area contributed by atoms with E-state index in [1.165, 1.54) is 18.6 Å². The van der Waals surface area contributed by atoms with Crippen molar-refractivity contribution in [2.75, 3.05) is 11.4 Å². The molecule has 0 bridgehead atoms. The van der Waals surface area contributed by atoms with E-state index in [1.807, 2.05) is 13.8 Å². The van der Waals surface area contributed by atoms with E-state index < -0.39 is 0 Å². The summed E-state index contributed by atoms with van der Waals surface area (Å²) in [5, 5.41) is 0. The number of allylic oxidation sites excluding steroid dienone is 1. The number of hydrogen-bond acceptors (Lipinski definition) is 3. The number of carbonyl (C=O) groups excluding carboxylic acids is 1. The van der Waals surface area contributed by atoms with Gasteiger partial charge in [-0.2, -0.15) is 0 Å². The number of rotatable bonds is 7. The molecule has 0 radical (unpaired) electrons. The average Bonchev–Trinajstić information content (AvgIpc) is 2.61. The van der Waals surface area contributed by atoms with E-state index in [9.17, 15) is 9.18 Å². The van der Waals surface area contributed by atoms with Crippen molar-refractivity contribution < 1.29 is 13.9 Å². The van der Waals surface area contributed by atoms with Gasteiger partial charge in [0.15, 0.2) is 0 Å². The second kappa shape index (κ2) is 9.38. The zero-order valence-corrected chi connectivity index (χ0v) is 17.4.